The van der Waals surface area contributed by atoms with Gasteiger partial charge in [-0.3, -0.25) is 4.79 Å². The van der Waals surface area contributed by atoms with Gasteiger partial charge in [-0.2, -0.15) is 0 Å². The molecule has 1 unspecified atom stereocenters. The van der Waals surface area contributed by atoms with E-state index in [1.807, 2.05) is 13.0 Å². The Kier molecular flexibility index (Phi) is 8.54. The molecule has 0 saturated heterocycles. The van der Waals surface area contributed by atoms with Crippen LogP contribution in [0.3, 0.4) is 0 Å². The van der Waals surface area contributed by atoms with Crippen molar-refractivity contribution in [3.63, 3.8) is 0 Å². The first kappa shape index (κ1) is 19.9. The SMILES string of the molecule is CCCC(N)C(=O)NCc1cccc(CS(C)(=O)=O)c1.Cl. The highest BCUT2D eigenvalue weighted by Crippen LogP contribution is 2.08. The van der Waals surface area contributed by atoms with Crippen LogP contribution in [0.5, 0.6) is 0 Å². The molecule has 120 valence electrons. The second-order valence-electron chi connectivity index (χ2n) is 5.00. The number of hydrogen-bond acceptors (Lipinski definition) is 4. The van der Waals surface area contributed by atoms with Crippen LogP contribution in [0, 0.1) is 0 Å². The molecule has 0 spiro atoms. The van der Waals surface area contributed by atoms with E-state index in [4.69, 9.17) is 5.73 Å². The summed E-state index contributed by atoms with van der Waals surface area (Å²) in [5.74, 6) is -0.176. The third kappa shape index (κ3) is 8.04. The lowest BCUT2D eigenvalue weighted by molar-refractivity contribution is -0.122. The van der Waals surface area contributed by atoms with Crippen molar-refractivity contribution < 1.29 is 13.2 Å². The van der Waals surface area contributed by atoms with E-state index in [0.29, 0.717) is 13.0 Å². The van der Waals surface area contributed by atoms with Gasteiger partial charge in [-0.15, -0.1) is 12.4 Å². The van der Waals surface area contributed by atoms with Gasteiger partial charge in [0.15, 0.2) is 9.84 Å². The Morgan fingerprint density at radius 2 is 1.95 bits per heavy atom. The molecule has 1 amide bonds. The average Bonchev–Trinajstić information content (AvgIpc) is 2.34. The van der Waals surface area contributed by atoms with Crippen molar-refractivity contribution in [1.82, 2.24) is 5.32 Å². The smallest absolute Gasteiger partial charge is 0.237 e. The summed E-state index contributed by atoms with van der Waals surface area (Å²) in [6.45, 7) is 2.33. The fourth-order valence-corrected chi connectivity index (χ4v) is 2.68. The third-order valence-electron chi connectivity index (χ3n) is 2.82. The van der Waals surface area contributed by atoms with Gasteiger partial charge in [-0.25, -0.2) is 8.42 Å². The lowest BCUT2D eigenvalue weighted by atomic mass is 10.1. The van der Waals surface area contributed by atoms with Gasteiger partial charge >= 0.3 is 0 Å². The van der Waals surface area contributed by atoms with Gasteiger partial charge in [0, 0.05) is 12.8 Å². The molecule has 1 aromatic rings. The predicted molar refractivity (Wildman–Crippen MR) is 87.0 cm³/mol. The molecule has 0 heterocycles. The largest absolute Gasteiger partial charge is 0.351 e. The van der Waals surface area contributed by atoms with E-state index >= 15 is 0 Å². The molecule has 0 radical (unpaired) electrons. The van der Waals surface area contributed by atoms with Crippen LogP contribution >= 0.6 is 12.4 Å². The van der Waals surface area contributed by atoms with Gasteiger partial charge in [0.05, 0.1) is 11.8 Å². The molecule has 0 aliphatic rings. The number of nitrogens with two attached hydrogens (primary N) is 1. The molecule has 21 heavy (non-hydrogen) atoms. The Morgan fingerprint density at radius 3 is 2.52 bits per heavy atom. The number of halogens is 1. The first-order chi connectivity index (χ1) is 9.31. The minimum Gasteiger partial charge on any atom is -0.351 e. The quantitative estimate of drug-likeness (QED) is 0.788. The lowest BCUT2D eigenvalue weighted by Crippen LogP contribution is -2.40. The monoisotopic (exact) mass is 334 g/mol. The Hall–Kier alpha value is -1.11. The molecular weight excluding hydrogens is 312 g/mol. The number of amides is 1. The predicted octanol–water partition coefficient (Wildman–Crippen LogP) is 1.40. The highest BCUT2D eigenvalue weighted by atomic mass is 35.5. The minimum absolute atomic E-state index is 0. The van der Waals surface area contributed by atoms with E-state index in [9.17, 15) is 13.2 Å². The third-order valence-corrected chi connectivity index (χ3v) is 3.68. The van der Waals surface area contributed by atoms with Crippen LogP contribution in [-0.2, 0) is 26.9 Å². The summed E-state index contributed by atoms with van der Waals surface area (Å²) in [7, 11) is -3.05. The summed E-state index contributed by atoms with van der Waals surface area (Å²) in [4.78, 5) is 11.7. The van der Waals surface area contributed by atoms with E-state index in [0.717, 1.165) is 17.5 Å². The van der Waals surface area contributed by atoms with Crippen LogP contribution < -0.4 is 11.1 Å². The molecule has 5 nitrogen and oxygen atoms in total. The van der Waals surface area contributed by atoms with Gasteiger partial charge in [0.1, 0.15) is 0 Å². The molecule has 1 aromatic carbocycles. The molecule has 0 fully saturated rings. The van der Waals surface area contributed by atoms with E-state index in [1.54, 1.807) is 18.2 Å². The summed E-state index contributed by atoms with van der Waals surface area (Å²) < 4.78 is 22.5. The molecule has 0 saturated carbocycles. The van der Waals surface area contributed by atoms with Crippen LogP contribution in [0.15, 0.2) is 24.3 Å². The first-order valence-corrected chi connectivity index (χ1v) is 8.66. The maximum absolute atomic E-state index is 11.7. The molecule has 7 heteroatoms. The maximum Gasteiger partial charge on any atom is 0.237 e. The zero-order valence-corrected chi connectivity index (χ0v) is 14.0. The lowest BCUT2D eigenvalue weighted by Gasteiger charge is -2.11. The minimum atomic E-state index is -3.05. The van der Waals surface area contributed by atoms with Gasteiger partial charge in [-0.05, 0) is 17.5 Å². The standard InChI is InChI=1S/C14H22N2O3S.ClH/c1-3-5-13(15)14(17)16-9-11-6-4-7-12(8-11)10-20(2,18)19;/h4,6-8,13H,3,5,9-10,15H2,1-2H3,(H,16,17);1H. The van der Waals surface area contributed by atoms with Gasteiger partial charge in [0.2, 0.25) is 5.91 Å². The fraction of sp³-hybridized carbons (Fsp3) is 0.500. The van der Waals surface area contributed by atoms with E-state index in [2.05, 4.69) is 5.32 Å². The van der Waals surface area contributed by atoms with Gasteiger partial charge < -0.3 is 11.1 Å². The number of sulfone groups is 1. The zero-order chi connectivity index (χ0) is 15.2. The molecule has 0 aliphatic carbocycles. The van der Waals surface area contributed by atoms with E-state index in [-0.39, 0.29) is 24.1 Å². The molecule has 0 bridgehead atoms. The van der Waals surface area contributed by atoms with Crippen LogP contribution in [0.4, 0.5) is 0 Å². The highest BCUT2D eigenvalue weighted by Gasteiger charge is 2.11. The van der Waals surface area contributed by atoms with Crippen LogP contribution in [0.25, 0.3) is 0 Å². The van der Waals surface area contributed by atoms with Gasteiger partial charge in [-0.1, -0.05) is 37.6 Å². The number of benzene rings is 1. The highest BCUT2D eigenvalue weighted by molar-refractivity contribution is 7.89. The number of carbonyl (C=O) groups is 1. The van der Waals surface area contributed by atoms with E-state index < -0.39 is 15.9 Å². The maximum atomic E-state index is 11.7. The van der Waals surface area contributed by atoms with Crippen molar-refractivity contribution in [1.29, 1.82) is 0 Å². The molecule has 0 aromatic heterocycles. The average molecular weight is 335 g/mol. The van der Waals surface area contributed by atoms with Crippen LogP contribution in [0.2, 0.25) is 0 Å². The Bertz CT molecular complexity index is 561. The summed E-state index contributed by atoms with van der Waals surface area (Å²) in [5.41, 5.74) is 7.30. The zero-order valence-electron chi connectivity index (χ0n) is 12.3. The number of rotatable bonds is 7. The van der Waals surface area contributed by atoms with Crippen molar-refractivity contribution in [3.8, 4) is 0 Å². The molecule has 1 rings (SSSR count). The molecular formula is C14H23ClN2O3S. The van der Waals surface area contributed by atoms with Gasteiger partial charge in [0.25, 0.3) is 0 Å². The van der Waals surface area contributed by atoms with Crippen molar-refractivity contribution in [2.75, 3.05) is 6.26 Å². The normalized spacial score (nSPS) is 12.3. The Labute approximate surface area is 132 Å². The Morgan fingerprint density at radius 1 is 1.33 bits per heavy atom. The summed E-state index contributed by atoms with van der Waals surface area (Å²) in [5, 5.41) is 2.76. The topological polar surface area (TPSA) is 89.3 Å². The summed E-state index contributed by atoms with van der Waals surface area (Å²) in [6, 6.07) is 6.69. The van der Waals surface area contributed by atoms with Crippen molar-refractivity contribution in [3.05, 3.63) is 35.4 Å². The van der Waals surface area contributed by atoms with Crippen LogP contribution in [0.1, 0.15) is 30.9 Å². The molecule has 3 N–H and O–H groups in total. The van der Waals surface area contributed by atoms with E-state index in [1.165, 1.54) is 6.26 Å². The van der Waals surface area contributed by atoms with Crippen LogP contribution in [-0.4, -0.2) is 26.6 Å². The van der Waals surface area contributed by atoms with Crippen molar-refractivity contribution in [2.24, 2.45) is 5.73 Å². The summed E-state index contributed by atoms with van der Waals surface area (Å²) >= 11 is 0. The first-order valence-electron chi connectivity index (χ1n) is 6.60. The molecule has 0 aliphatic heterocycles. The van der Waals surface area contributed by atoms with Crippen molar-refractivity contribution >= 4 is 28.2 Å². The number of hydrogen-bond donors (Lipinski definition) is 2. The fourth-order valence-electron chi connectivity index (χ4n) is 1.89. The second-order valence-corrected chi connectivity index (χ2v) is 7.14. The van der Waals surface area contributed by atoms with Crippen molar-refractivity contribution in [2.45, 2.75) is 38.1 Å². The second kappa shape index (κ2) is 9.02. The molecule has 1 atom stereocenters. The number of carbonyl (C=O) groups excluding carboxylic acids is 1. The summed E-state index contributed by atoms with van der Waals surface area (Å²) in [6.07, 6.45) is 2.71. The Balaban J connectivity index is 0.00000400. The number of nitrogens with one attached hydrogen (secondary N) is 1.